The molecule has 0 bridgehead atoms. The molecule has 0 aromatic heterocycles. The van der Waals surface area contributed by atoms with Crippen molar-refractivity contribution in [2.24, 2.45) is 5.92 Å². The maximum Gasteiger partial charge on any atom is 0.229 e. The molecule has 1 heterocycles. The highest BCUT2D eigenvalue weighted by atomic mass is 16.2. The molecule has 0 aliphatic carbocycles. The second kappa shape index (κ2) is 5.85. The molecule has 1 aliphatic rings. The van der Waals surface area contributed by atoms with E-state index < -0.39 is 0 Å². The monoisotopic (exact) mass is 212 g/mol. The first kappa shape index (κ1) is 12.2. The second-order valence-electron chi connectivity index (χ2n) is 4.21. The number of nitrogens with zero attached hydrogens (tertiary/aromatic N) is 1. The van der Waals surface area contributed by atoms with E-state index in [9.17, 15) is 9.59 Å². The van der Waals surface area contributed by atoms with Crippen LogP contribution in [-0.4, -0.2) is 36.3 Å². The molecule has 4 heteroatoms. The van der Waals surface area contributed by atoms with Crippen molar-refractivity contribution >= 4 is 11.8 Å². The third-order valence-electron chi connectivity index (χ3n) is 2.57. The van der Waals surface area contributed by atoms with Crippen molar-refractivity contribution in [3.05, 3.63) is 0 Å². The summed E-state index contributed by atoms with van der Waals surface area (Å²) in [6, 6.07) is 0. The van der Waals surface area contributed by atoms with Gasteiger partial charge in [0.2, 0.25) is 11.8 Å². The number of likely N-dealkylation sites (tertiary alicyclic amines) is 1. The van der Waals surface area contributed by atoms with E-state index in [2.05, 4.69) is 19.2 Å². The van der Waals surface area contributed by atoms with Gasteiger partial charge in [-0.15, -0.1) is 0 Å². The quantitative estimate of drug-likeness (QED) is 0.522. The van der Waals surface area contributed by atoms with E-state index in [1.807, 2.05) is 0 Å². The van der Waals surface area contributed by atoms with Gasteiger partial charge in [-0.05, 0) is 25.4 Å². The molecule has 1 saturated heterocycles. The zero-order valence-corrected chi connectivity index (χ0v) is 9.58. The van der Waals surface area contributed by atoms with E-state index in [0.29, 0.717) is 25.3 Å². The third-order valence-corrected chi connectivity index (χ3v) is 2.57. The molecule has 1 unspecified atom stereocenters. The molecule has 4 nitrogen and oxygen atoms in total. The van der Waals surface area contributed by atoms with Crippen molar-refractivity contribution in [3.8, 4) is 0 Å². The summed E-state index contributed by atoms with van der Waals surface area (Å²) in [4.78, 5) is 24.1. The van der Waals surface area contributed by atoms with Crippen molar-refractivity contribution in [1.29, 1.82) is 0 Å². The Bertz CT molecular complexity index is 225. The van der Waals surface area contributed by atoms with Gasteiger partial charge in [0, 0.05) is 19.4 Å². The van der Waals surface area contributed by atoms with Gasteiger partial charge < -0.3 is 5.32 Å². The van der Waals surface area contributed by atoms with Crippen molar-refractivity contribution in [1.82, 2.24) is 10.2 Å². The van der Waals surface area contributed by atoms with Gasteiger partial charge in [-0.2, -0.15) is 0 Å². The molecule has 86 valence electrons. The molecule has 0 spiro atoms. The van der Waals surface area contributed by atoms with Gasteiger partial charge in [0.1, 0.15) is 0 Å². The van der Waals surface area contributed by atoms with Crippen molar-refractivity contribution in [2.45, 2.75) is 33.1 Å². The molecule has 1 N–H and O–H groups in total. The maximum atomic E-state index is 11.3. The Kier molecular flexibility index (Phi) is 4.75. The van der Waals surface area contributed by atoms with Crippen LogP contribution < -0.4 is 5.32 Å². The summed E-state index contributed by atoms with van der Waals surface area (Å²) in [6.07, 6.45) is 1.90. The topological polar surface area (TPSA) is 49.4 Å². The SMILES string of the molecule is CCCNCC(C)CN1C(=O)CCC1=O. The van der Waals surface area contributed by atoms with Gasteiger partial charge in [-0.3, -0.25) is 14.5 Å². The third kappa shape index (κ3) is 3.63. The maximum absolute atomic E-state index is 11.3. The van der Waals surface area contributed by atoms with Crippen LogP contribution in [0.3, 0.4) is 0 Å². The van der Waals surface area contributed by atoms with Gasteiger partial charge in [-0.25, -0.2) is 0 Å². The van der Waals surface area contributed by atoms with Gasteiger partial charge in [0.25, 0.3) is 0 Å². The average Bonchev–Trinajstić information content (AvgIpc) is 2.50. The standard InChI is InChI=1S/C11H20N2O2/c1-3-6-12-7-9(2)8-13-10(14)4-5-11(13)15/h9,12H,3-8H2,1-2H3. The Hall–Kier alpha value is -0.900. The zero-order chi connectivity index (χ0) is 11.3. The van der Waals surface area contributed by atoms with Gasteiger partial charge in [0.15, 0.2) is 0 Å². The molecular formula is C11H20N2O2. The number of carbonyl (C=O) groups excluding carboxylic acids is 2. The summed E-state index contributed by atoms with van der Waals surface area (Å²) in [5, 5.41) is 3.29. The van der Waals surface area contributed by atoms with Gasteiger partial charge in [-0.1, -0.05) is 13.8 Å². The molecule has 0 aromatic rings. The normalized spacial score (nSPS) is 18.7. The number of hydrogen-bond acceptors (Lipinski definition) is 3. The highest BCUT2D eigenvalue weighted by Gasteiger charge is 2.29. The zero-order valence-electron chi connectivity index (χ0n) is 9.58. The fraction of sp³-hybridized carbons (Fsp3) is 0.818. The fourth-order valence-electron chi connectivity index (χ4n) is 1.73. The predicted molar refractivity (Wildman–Crippen MR) is 58.3 cm³/mol. The van der Waals surface area contributed by atoms with Crippen LogP contribution in [0, 0.1) is 5.92 Å². The van der Waals surface area contributed by atoms with E-state index in [4.69, 9.17) is 0 Å². The van der Waals surface area contributed by atoms with Crippen LogP contribution in [-0.2, 0) is 9.59 Å². The molecule has 1 rings (SSSR count). The average molecular weight is 212 g/mol. The molecule has 0 saturated carbocycles. The number of carbonyl (C=O) groups is 2. The highest BCUT2D eigenvalue weighted by Crippen LogP contribution is 2.13. The van der Waals surface area contributed by atoms with E-state index in [1.165, 1.54) is 4.90 Å². The van der Waals surface area contributed by atoms with Crippen LogP contribution in [0.4, 0.5) is 0 Å². The van der Waals surface area contributed by atoms with Crippen LogP contribution >= 0.6 is 0 Å². The van der Waals surface area contributed by atoms with Crippen molar-refractivity contribution < 1.29 is 9.59 Å². The molecule has 15 heavy (non-hydrogen) atoms. The highest BCUT2D eigenvalue weighted by molar-refractivity contribution is 6.01. The van der Waals surface area contributed by atoms with Crippen molar-refractivity contribution in [2.75, 3.05) is 19.6 Å². The lowest BCUT2D eigenvalue weighted by Gasteiger charge is -2.19. The second-order valence-corrected chi connectivity index (χ2v) is 4.21. The van der Waals surface area contributed by atoms with Crippen molar-refractivity contribution in [3.63, 3.8) is 0 Å². The molecular weight excluding hydrogens is 192 g/mol. The van der Waals surface area contributed by atoms with Gasteiger partial charge >= 0.3 is 0 Å². The number of nitrogens with one attached hydrogen (secondary N) is 1. The Morgan fingerprint density at radius 3 is 2.47 bits per heavy atom. The first-order valence-electron chi connectivity index (χ1n) is 5.69. The molecule has 2 amide bonds. The van der Waals surface area contributed by atoms with Crippen LogP contribution in [0.1, 0.15) is 33.1 Å². The summed E-state index contributed by atoms with van der Waals surface area (Å²) < 4.78 is 0. The minimum absolute atomic E-state index is 0.0117. The summed E-state index contributed by atoms with van der Waals surface area (Å²) >= 11 is 0. The van der Waals surface area contributed by atoms with E-state index in [-0.39, 0.29) is 11.8 Å². The first-order valence-corrected chi connectivity index (χ1v) is 5.69. The summed E-state index contributed by atoms with van der Waals surface area (Å²) in [5.41, 5.74) is 0. The van der Waals surface area contributed by atoms with E-state index >= 15 is 0 Å². The number of imide groups is 1. The summed E-state index contributed by atoms with van der Waals surface area (Å²) in [6.45, 7) is 6.60. The molecule has 1 atom stereocenters. The van der Waals surface area contributed by atoms with Crippen LogP contribution in [0.5, 0.6) is 0 Å². The lowest BCUT2D eigenvalue weighted by atomic mass is 10.1. The molecule has 1 aliphatic heterocycles. The van der Waals surface area contributed by atoms with Crippen LogP contribution in [0.25, 0.3) is 0 Å². The molecule has 0 aromatic carbocycles. The Morgan fingerprint density at radius 2 is 1.93 bits per heavy atom. The number of hydrogen-bond donors (Lipinski definition) is 1. The number of rotatable bonds is 6. The largest absolute Gasteiger partial charge is 0.316 e. The Labute approximate surface area is 91.0 Å². The Morgan fingerprint density at radius 1 is 1.33 bits per heavy atom. The van der Waals surface area contributed by atoms with Crippen LogP contribution in [0.15, 0.2) is 0 Å². The predicted octanol–water partition coefficient (Wildman–Crippen LogP) is 0.771. The Balaban J connectivity index is 2.27. The van der Waals surface area contributed by atoms with E-state index in [0.717, 1.165) is 19.5 Å². The number of amides is 2. The van der Waals surface area contributed by atoms with E-state index in [1.54, 1.807) is 0 Å². The first-order chi connectivity index (χ1) is 7.15. The lowest BCUT2D eigenvalue weighted by molar-refractivity contribution is -0.138. The minimum Gasteiger partial charge on any atom is -0.316 e. The summed E-state index contributed by atoms with van der Waals surface area (Å²) in [7, 11) is 0. The lowest BCUT2D eigenvalue weighted by Crippen LogP contribution is -2.36. The smallest absolute Gasteiger partial charge is 0.229 e. The minimum atomic E-state index is -0.0117. The molecule has 1 fully saturated rings. The fourth-order valence-corrected chi connectivity index (χ4v) is 1.73. The van der Waals surface area contributed by atoms with Crippen LogP contribution in [0.2, 0.25) is 0 Å². The molecule has 0 radical (unpaired) electrons. The summed E-state index contributed by atoms with van der Waals surface area (Å²) in [5.74, 6) is 0.312. The van der Waals surface area contributed by atoms with Gasteiger partial charge in [0.05, 0.1) is 0 Å².